The summed E-state index contributed by atoms with van der Waals surface area (Å²) in [6, 6.07) is 0. The molecule has 0 heterocycles. The summed E-state index contributed by atoms with van der Waals surface area (Å²) in [5, 5.41) is 8.64. The fraction of sp³-hybridized carbons (Fsp3) is 0.857. The van der Waals surface area contributed by atoms with Crippen LogP contribution in [0.5, 0.6) is 0 Å². The fourth-order valence-corrected chi connectivity index (χ4v) is 0.799. The van der Waals surface area contributed by atoms with Crippen LogP contribution in [-0.2, 0) is 4.79 Å². The number of halogens is 1. The second-order valence-corrected chi connectivity index (χ2v) is 2.94. The number of nitrogens with two attached hydrogens (primary N) is 1. The van der Waals surface area contributed by atoms with E-state index in [1.807, 2.05) is 0 Å². The van der Waals surface area contributed by atoms with Crippen LogP contribution in [0.25, 0.3) is 0 Å². The quantitative estimate of drug-likeness (QED) is 0.643. The van der Waals surface area contributed by atoms with E-state index >= 15 is 0 Å². The Labute approximate surface area is 65.4 Å². The summed E-state index contributed by atoms with van der Waals surface area (Å²) in [7, 11) is 0. The van der Waals surface area contributed by atoms with E-state index in [1.165, 1.54) is 0 Å². The SMILES string of the molecule is CC(C)C(N)(CCF)C(=O)O. The number of carboxylic acid groups (broad SMARTS) is 1. The highest BCUT2D eigenvalue weighted by Crippen LogP contribution is 2.18. The van der Waals surface area contributed by atoms with Crippen LogP contribution in [0.2, 0.25) is 0 Å². The largest absolute Gasteiger partial charge is 0.480 e. The summed E-state index contributed by atoms with van der Waals surface area (Å²) in [6.07, 6.45) is -0.125. The van der Waals surface area contributed by atoms with Crippen molar-refractivity contribution in [1.29, 1.82) is 0 Å². The van der Waals surface area contributed by atoms with Gasteiger partial charge < -0.3 is 10.8 Å². The minimum atomic E-state index is -1.41. The molecule has 0 aromatic carbocycles. The molecule has 0 aliphatic carbocycles. The average molecular weight is 163 g/mol. The lowest BCUT2D eigenvalue weighted by Gasteiger charge is -2.27. The van der Waals surface area contributed by atoms with E-state index in [2.05, 4.69) is 0 Å². The van der Waals surface area contributed by atoms with Crippen LogP contribution in [-0.4, -0.2) is 23.3 Å². The topological polar surface area (TPSA) is 63.3 Å². The van der Waals surface area contributed by atoms with Crippen LogP contribution < -0.4 is 5.73 Å². The van der Waals surface area contributed by atoms with Gasteiger partial charge in [0.05, 0.1) is 6.67 Å². The van der Waals surface area contributed by atoms with Gasteiger partial charge in [-0.2, -0.15) is 0 Å². The first-order valence-electron chi connectivity index (χ1n) is 3.53. The van der Waals surface area contributed by atoms with E-state index in [4.69, 9.17) is 10.8 Å². The summed E-state index contributed by atoms with van der Waals surface area (Å²) < 4.78 is 11.9. The molecule has 66 valence electrons. The maximum atomic E-state index is 11.9. The Balaban J connectivity index is 4.38. The van der Waals surface area contributed by atoms with E-state index in [9.17, 15) is 9.18 Å². The van der Waals surface area contributed by atoms with Gasteiger partial charge in [-0.05, 0) is 5.92 Å². The van der Waals surface area contributed by atoms with Crippen molar-refractivity contribution < 1.29 is 14.3 Å². The lowest BCUT2D eigenvalue weighted by atomic mass is 9.85. The van der Waals surface area contributed by atoms with E-state index in [1.54, 1.807) is 13.8 Å². The molecule has 0 spiro atoms. The van der Waals surface area contributed by atoms with Gasteiger partial charge in [0.1, 0.15) is 5.54 Å². The summed E-state index contributed by atoms with van der Waals surface area (Å²) in [5.74, 6) is -1.39. The Hall–Kier alpha value is -0.640. The molecule has 4 heteroatoms. The maximum absolute atomic E-state index is 11.9. The van der Waals surface area contributed by atoms with Crippen molar-refractivity contribution >= 4 is 5.97 Å². The zero-order valence-electron chi connectivity index (χ0n) is 6.80. The first-order chi connectivity index (χ1) is 4.95. The lowest BCUT2D eigenvalue weighted by molar-refractivity contribution is -0.145. The molecule has 3 nitrogen and oxygen atoms in total. The standard InChI is InChI=1S/C7H14FNO2/c1-5(2)7(9,3-4-8)6(10)11/h5H,3-4,9H2,1-2H3,(H,10,11). The van der Waals surface area contributed by atoms with Crippen LogP contribution in [0.1, 0.15) is 20.3 Å². The van der Waals surface area contributed by atoms with Crippen molar-refractivity contribution in [3.63, 3.8) is 0 Å². The van der Waals surface area contributed by atoms with E-state index in [-0.39, 0.29) is 12.3 Å². The molecule has 0 aliphatic rings. The molecule has 0 aromatic rings. The van der Waals surface area contributed by atoms with Gasteiger partial charge in [0.2, 0.25) is 0 Å². The number of rotatable bonds is 4. The summed E-state index contributed by atoms with van der Waals surface area (Å²) in [4.78, 5) is 10.6. The molecular weight excluding hydrogens is 149 g/mol. The second kappa shape index (κ2) is 3.67. The molecule has 1 unspecified atom stereocenters. The van der Waals surface area contributed by atoms with Gasteiger partial charge in [0, 0.05) is 6.42 Å². The summed E-state index contributed by atoms with van der Waals surface area (Å²) in [5.41, 5.74) is 4.05. The molecule has 0 saturated heterocycles. The van der Waals surface area contributed by atoms with E-state index in [0.717, 1.165) is 0 Å². The number of alkyl halides is 1. The van der Waals surface area contributed by atoms with Crippen LogP contribution in [0.3, 0.4) is 0 Å². The van der Waals surface area contributed by atoms with Crippen molar-refractivity contribution in [3.05, 3.63) is 0 Å². The second-order valence-electron chi connectivity index (χ2n) is 2.94. The highest BCUT2D eigenvalue weighted by atomic mass is 19.1. The van der Waals surface area contributed by atoms with Crippen LogP contribution >= 0.6 is 0 Å². The van der Waals surface area contributed by atoms with Gasteiger partial charge in [-0.25, -0.2) is 0 Å². The molecular formula is C7H14FNO2. The molecule has 0 aliphatic heterocycles. The predicted octanol–water partition coefficient (Wildman–Crippen LogP) is 0.784. The Morgan fingerprint density at radius 1 is 1.73 bits per heavy atom. The Kier molecular flexibility index (Phi) is 3.45. The number of hydrogen-bond donors (Lipinski definition) is 2. The van der Waals surface area contributed by atoms with E-state index in [0.29, 0.717) is 0 Å². The van der Waals surface area contributed by atoms with Crippen molar-refractivity contribution in [2.45, 2.75) is 25.8 Å². The average Bonchev–Trinajstić information content (AvgIpc) is 1.87. The molecule has 0 rings (SSSR count). The Morgan fingerprint density at radius 3 is 2.27 bits per heavy atom. The van der Waals surface area contributed by atoms with E-state index < -0.39 is 18.2 Å². The van der Waals surface area contributed by atoms with Gasteiger partial charge in [-0.1, -0.05) is 13.8 Å². The molecule has 0 saturated carbocycles. The highest BCUT2D eigenvalue weighted by Gasteiger charge is 2.36. The molecule has 0 radical (unpaired) electrons. The molecule has 11 heavy (non-hydrogen) atoms. The minimum absolute atomic E-state index is 0.125. The third kappa shape index (κ3) is 2.15. The first kappa shape index (κ1) is 10.4. The van der Waals surface area contributed by atoms with Crippen LogP contribution in [0.4, 0.5) is 4.39 Å². The zero-order chi connectivity index (χ0) is 9.07. The van der Waals surface area contributed by atoms with Crippen molar-refractivity contribution in [2.75, 3.05) is 6.67 Å². The van der Waals surface area contributed by atoms with Crippen LogP contribution in [0, 0.1) is 5.92 Å². The lowest BCUT2D eigenvalue weighted by Crippen LogP contribution is -2.52. The van der Waals surface area contributed by atoms with Gasteiger partial charge in [-0.3, -0.25) is 9.18 Å². The molecule has 0 bridgehead atoms. The van der Waals surface area contributed by atoms with Crippen molar-refractivity contribution in [2.24, 2.45) is 11.7 Å². The van der Waals surface area contributed by atoms with Gasteiger partial charge in [0.25, 0.3) is 0 Å². The Bertz CT molecular complexity index is 149. The zero-order valence-corrected chi connectivity index (χ0v) is 6.80. The molecule has 1 atom stereocenters. The predicted molar refractivity (Wildman–Crippen MR) is 40.0 cm³/mol. The van der Waals surface area contributed by atoms with Crippen molar-refractivity contribution in [1.82, 2.24) is 0 Å². The number of carboxylic acids is 1. The minimum Gasteiger partial charge on any atom is -0.480 e. The molecule has 0 fully saturated rings. The van der Waals surface area contributed by atoms with Crippen LogP contribution in [0.15, 0.2) is 0 Å². The highest BCUT2D eigenvalue weighted by molar-refractivity contribution is 5.78. The molecule has 0 aromatic heterocycles. The fourth-order valence-electron chi connectivity index (χ4n) is 0.799. The summed E-state index contributed by atoms with van der Waals surface area (Å²) in [6.45, 7) is 2.65. The third-order valence-electron chi connectivity index (χ3n) is 1.94. The first-order valence-corrected chi connectivity index (χ1v) is 3.53. The Morgan fingerprint density at radius 2 is 2.18 bits per heavy atom. The number of carbonyl (C=O) groups is 1. The van der Waals surface area contributed by atoms with Gasteiger partial charge in [-0.15, -0.1) is 0 Å². The maximum Gasteiger partial charge on any atom is 0.324 e. The summed E-state index contributed by atoms with van der Waals surface area (Å²) >= 11 is 0. The van der Waals surface area contributed by atoms with Crippen molar-refractivity contribution in [3.8, 4) is 0 Å². The number of aliphatic carboxylic acids is 1. The third-order valence-corrected chi connectivity index (χ3v) is 1.94. The van der Waals surface area contributed by atoms with Gasteiger partial charge >= 0.3 is 5.97 Å². The molecule has 3 N–H and O–H groups in total. The smallest absolute Gasteiger partial charge is 0.324 e. The normalized spacial score (nSPS) is 16.5. The van der Waals surface area contributed by atoms with Gasteiger partial charge in [0.15, 0.2) is 0 Å². The number of hydrogen-bond acceptors (Lipinski definition) is 2. The molecule has 0 amide bonds. The monoisotopic (exact) mass is 163 g/mol.